The normalized spacial score (nSPS) is 10.5. The molecule has 0 aliphatic rings. The van der Waals surface area contributed by atoms with Crippen molar-refractivity contribution in [3.8, 4) is 0 Å². The molecule has 0 saturated carbocycles. The third kappa shape index (κ3) is 3.21. The van der Waals surface area contributed by atoms with Gasteiger partial charge < -0.3 is 0 Å². The first-order valence-electron chi connectivity index (χ1n) is 6.02. The van der Waals surface area contributed by atoms with Crippen LogP contribution in [0.5, 0.6) is 0 Å². The monoisotopic (exact) mass is 276 g/mol. The van der Waals surface area contributed by atoms with Gasteiger partial charge in [0.1, 0.15) is 5.82 Å². The quantitative estimate of drug-likeness (QED) is 0.753. The van der Waals surface area contributed by atoms with Gasteiger partial charge in [-0.15, -0.1) is 0 Å². The second-order valence-electron chi connectivity index (χ2n) is 4.63. The molecule has 0 radical (unpaired) electrons. The first kappa shape index (κ1) is 13.8. The molecule has 0 amide bonds. The molecule has 98 valence electrons. The van der Waals surface area contributed by atoms with E-state index in [1.807, 2.05) is 6.92 Å². The smallest absolute Gasteiger partial charge is 0.167 e. The van der Waals surface area contributed by atoms with Crippen molar-refractivity contribution in [1.29, 1.82) is 0 Å². The zero-order chi connectivity index (χ0) is 14.0. The zero-order valence-electron chi connectivity index (χ0n) is 10.8. The van der Waals surface area contributed by atoms with Crippen LogP contribution < -0.4 is 0 Å². The molecule has 0 fully saturated rings. The summed E-state index contributed by atoms with van der Waals surface area (Å²) in [5.74, 6) is -0.264. The highest BCUT2D eigenvalue weighted by Gasteiger charge is 2.12. The zero-order valence-corrected chi connectivity index (χ0v) is 11.6. The summed E-state index contributed by atoms with van der Waals surface area (Å²) in [6, 6.07) is 9.69. The van der Waals surface area contributed by atoms with Crippen LogP contribution in [-0.2, 0) is 6.42 Å². The van der Waals surface area contributed by atoms with Crippen molar-refractivity contribution in [2.24, 2.45) is 0 Å². The highest BCUT2D eigenvalue weighted by Crippen LogP contribution is 2.18. The van der Waals surface area contributed by atoms with Crippen molar-refractivity contribution in [2.75, 3.05) is 0 Å². The molecule has 0 atom stereocenters. The first-order valence-corrected chi connectivity index (χ1v) is 6.39. The highest BCUT2D eigenvalue weighted by molar-refractivity contribution is 6.30. The molecular formula is C16H14ClFO. The van der Waals surface area contributed by atoms with Crippen LogP contribution in [0.4, 0.5) is 4.39 Å². The fourth-order valence-corrected chi connectivity index (χ4v) is 2.29. The van der Waals surface area contributed by atoms with E-state index in [4.69, 9.17) is 11.6 Å². The lowest BCUT2D eigenvalue weighted by Crippen LogP contribution is -2.07. The molecule has 0 aliphatic heterocycles. The number of hydrogen-bond acceptors (Lipinski definition) is 1. The molecule has 0 saturated heterocycles. The third-order valence-corrected chi connectivity index (χ3v) is 3.38. The van der Waals surface area contributed by atoms with Crippen LogP contribution in [0.15, 0.2) is 36.4 Å². The van der Waals surface area contributed by atoms with Gasteiger partial charge in [-0.1, -0.05) is 17.7 Å². The Morgan fingerprint density at radius 1 is 1.11 bits per heavy atom. The van der Waals surface area contributed by atoms with Gasteiger partial charge >= 0.3 is 0 Å². The molecule has 0 aromatic heterocycles. The Labute approximate surface area is 117 Å². The summed E-state index contributed by atoms with van der Waals surface area (Å²) in [6.07, 6.45) is 0.272. The van der Waals surface area contributed by atoms with Gasteiger partial charge in [0.15, 0.2) is 5.78 Å². The maximum absolute atomic E-state index is 13.0. The van der Waals surface area contributed by atoms with E-state index in [1.165, 1.54) is 12.1 Å². The number of benzene rings is 2. The molecule has 0 aliphatic carbocycles. The Kier molecular flexibility index (Phi) is 4.01. The summed E-state index contributed by atoms with van der Waals surface area (Å²) in [5, 5.41) is 0.618. The number of aryl methyl sites for hydroxylation is 2. The van der Waals surface area contributed by atoms with Crippen molar-refractivity contribution in [1.82, 2.24) is 0 Å². The summed E-state index contributed by atoms with van der Waals surface area (Å²) in [5.41, 5.74) is 3.16. The van der Waals surface area contributed by atoms with Crippen molar-refractivity contribution < 1.29 is 9.18 Å². The average molecular weight is 277 g/mol. The van der Waals surface area contributed by atoms with Crippen LogP contribution >= 0.6 is 11.6 Å². The topological polar surface area (TPSA) is 17.1 Å². The third-order valence-electron chi connectivity index (χ3n) is 3.14. The van der Waals surface area contributed by atoms with E-state index >= 15 is 0 Å². The van der Waals surface area contributed by atoms with E-state index in [1.54, 1.807) is 31.2 Å². The number of ketones is 1. The van der Waals surface area contributed by atoms with Crippen molar-refractivity contribution >= 4 is 17.4 Å². The van der Waals surface area contributed by atoms with Crippen molar-refractivity contribution in [3.05, 3.63) is 69.5 Å². The summed E-state index contributed by atoms with van der Waals surface area (Å²) >= 11 is 5.87. The highest BCUT2D eigenvalue weighted by atomic mass is 35.5. The lowest BCUT2D eigenvalue weighted by Gasteiger charge is -2.08. The molecule has 0 heterocycles. The van der Waals surface area contributed by atoms with E-state index in [-0.39, 0.29) is 18.0 Å². The van der Waals surface area contributed by atoms with E-state index < -0.39 is 0 Å². The molecule has 2 aromatic rings. The van der Waals surface area contributed by atoms with Crippen molar-refractivity contribution in [2.45, 2.75) is 20.3 Å². The first-order chi connectivity index (χ1) is 8.97. The second kappa shape index (κ2) is 5.54. The number of carbonyl (C=O) groups is 1. The number of hydrogen-bond donors (Lipinski definition) is 0. The molecule has 2 rings (SSSR count). The van der Waals surface area contributed by atoms with Crippen LogP contribution in [0.2, 0.25) is 5.02 Å². The minimum absolute atomic E-state index is 0.0175. The Hall–Kier alpha value is -1.67. The van der Waals surface area contributed by atoms with E-state index in [9.17, 15) is 9.18 Å². The van der Waals surface area contributed by atoms with Gasteiger partial charge in [-0.05, 0) is 60.9 Å². The largest absolute Gasteiger partial charge is 0.294 e. The molecule has 3 heteroatoms. The van der Waals surface area contributed by atoms with Crippen LogP contribution in [0.25, 0.3) is 0 Å². The minimum atomic E-state index is -0.281. The Morgan fingerprint density at radius 3 is 2.47 bits per heavy atom. The number of carbonyl (C=O) groups excluding carboxylic acids is 1. The van der Waals surface area contributed by atoms with Gasteiger partial charge in [-0.25, -0.2) is 4.39 Å². The lowest BCUT2D eigenvalue weighted by atomic mass is 9.97. The molecule has 19 heavy (non-hydrogen) atoms. The number of halogens is 2. The maximum Gasteiger partial charge on any atom is 0.167 e. The molecule has 0 unspecified atom stereocenters. The van der Waals surface area contributed by atoms with Crippen LogP contribution in [0, 0.1) is 19.7 Å². The Morgan fingerprint density at radius 2 is 1.84 bits per heavy atom. The molecule has 2 aromatic carbocycles. The summed E-state index contributed by atoms with van der Waals surface area (Å²) < 4.78 is 13.0. The van der Waals surface area contributed by atoms with Gasteiger partial charge in [0, 0.05) is 17.0 Å². The molecular weight excluding hydrogens is 263 g/mol. The second-order valence-corrected chi connectivity index (χ2v) is 5.07. The van der Waals surface area contributed by atoms with E-state index in [0.29, 0.717) is 10.6 Å². The predicted octanol–water partition coefficient (Wildman–Crippen LogP) is 4.52. The standard InChI is InChI=1S/C16H14ClFO/c1-10-8-14(18)5-3-12(10)9-16(19)15-6-4-13(17)7-11(15)2/h3-8H,9H2,1-2H3. The average Bonchev–Trinajstić information content (AvgIpc) is 2.32. The van der Waals surface area contributed by atoms with Crippen molar-refractivity contribution in [3.63, 3.8) is 0 Å². The van der Waals surface area contributed by atoms with E-state index in [0.717, 1.165) is 16.7 Å². The summed E-state index contributed by atoms with van der Waals surface area (Å²) in [6.45, 7) is 3.66. The van der Waals surface area contributed by atoms with Crippen LogP contribution in [-0.4, -0.2) is 5.78 Å². The summed E-state index contributed by atoms with van der Waals surface area (Å²) in [4.78, 5) is 12.2. The predicted molar refractivity (Wildman–Crippen MR) is 75.4 cm³/mol. The Bertz CT molecular complexity index is 635. The fraction of sp³-hybridized carbons (Fsp3) is 0.188. The SMILES string of the molecule is Cc1cc(F)ccc1CC(=O)c1ccc(Cl)cc1C. The van der Waals surface area contributed by atoms with Gasteiger partial charge in [0.2, 0.25) is 0 Å². The molecule has 0 spiro atoms. The number of Topliss-reactive ketones (excluding diaryl/α,β-unsaturated/α-hetero) is 1. The van der Waals surface area contributed by atoms with Gasteiger partial charge in [0.05, 0.1) is 0 Å². The molecule has 1 nitrogen and oxygen atoms in total. The fourth-order valence-electron chi connectivity index (χ4n) is 2.07. The maximum atomic E-state index is 13.0. The lowest BCUT2D eigenvalue weighted by molar-refractivity contribution is 0.0992. The van der Waals surface area contributed by atoms with Crippen LogP contribution in [0.1, 0.15) is 27.0 Å². The number of rotatable bonds is 3. The summed E-state index contributed by atoms with van der Waals surface area (Å²) in [7, 11) is 0. The van der Waals surface area contributed by atoms with Gasteiger partial charge in [-0.2, -0.15) is 0 Å². The Balaban J connectivity index is 2.25. The van der Waals surface area contributed by atoms with E-state index in [2.05, 4.69) is 0 Å². The minimum Gasteiger partial charge on any atom is -0.294 e. The molecule has 0 bridgehead atoms. The van der Waals surface area contributed by atoms with Crippen LogP contribution in [0.3, 0.4) is 0 Å². The van der Waals surface area contributed by atoms with Gasteiger partial charge in [0.25, 0.3) is 0 Å². The van der Waals surface area contributed by atoms with Gasteiger partial charge in [-0.3, -0.25) is 4.79 Å². The molecule has 0 N–H and O–H groups in total.